The number of rotatable bonds is 6. The van der Waals surface area contributed by atoms with Crippen molar-refractivity contribution in [3.8, 4) is 0 Å². The van der Waals surface area contributed by atoms with Crippen LogP contribution in [0.15, 0.2) is 5.29 Å². The Balaban J connectivity index is 2.96. The summed E-state index contributed by atoms with van der Waals surface area (Å²) in [6.07, 6.45) is 0.659. The predicted octanol–water partition coefficient (Wildman–Crippen LogP) is 0.00240. The van der Waals surface area contributed by atoms with E-state index in [1.165, 1.54) is 0 Å². The maximum Gasteiger partial charge on any atom is 0.322 e. The molecule has 1 aliphatic heterocycles. The number of carbonyl (C=O) groups is 1. The summed E-state index contributed by atoms with van der Waals surface area (Å²) < 4.78 is 24.9. The third kappa shape index (κ3) is 2.85. The van der Waals surface area contributed by atoms with Gasteiger partial charge < -0.3 is 5.11 Å². The Morgan fingerprint density at radius 2 is 2.24 bits per heavy atom. The van der Waals surface area contributed by atoms with E-state index in [9.17, 15) is 18.1 Å². The predicted molar refractivity (Wildman–Crippen MR) is 59.5 cm³/mol. The van der Waals surface area contributed by atoms with E-state index < -0.39 is 22.2 Å². The molecule has 1 saturated heterocycles. The zero-order valence-corrected chi connectivity index (χ0v) is 10.4. The van der Waals surface area contributed by atoms with Crippen molar-refractivity contribution in [3.63, 3.8) is 0 Å². The number of carboxylic acid groups (broad SMARTS) is 1. The molecule has 0 aliphatic carbocycles. The summed E-state index contributed by atoms with van der Waals surface area (Å²) >= 11 is 5.35. The van der Waals surface area contributed by atoms with E-state index >= 15 is 0 Å². The van der Waals surface area contributed by atoms with Crippen LogP contribution in [0.4, 0.5) is 0 Å². The number of carboxylic acids is 1. The first-order chi connectivity index (χ1) is 7.95. The van der Waals surface area contributed by atoms with Crippen LogP contribution in [0.25, 0.3) is 0 Å². The zero-order chi connectivity index (χ0) is 13.1. The quantitative estimate of drug-likeness (QED) is 0.420. The number of alkyl halides is 1. The molecule has 17 heavy (non-hydrogen) atoms. The molecule has 1 atom stereocenters. The van der Waals surface area contributed by atoms with Crippen molar-refractivity contribution < 1.29 is 18.3 Å². The van der Waals surface area contributed by atoms with Crippen LogP contribution in [-0.2, 0) is 15.0 Å². The number of hydrogen-bond donors (Lipinski definition) is 1. The molecule has 0 aromatic rings. The second-order valence-electron chi connectivity index (χ2n) is 3.43. The van der Waals surface area contributed by atoms with E-state index in [1.54, 1.807) is 0 Å². The highest BCUT2D eigenvalue weighted by molar-refractivity contribution is 7.86. The largest absolute Gasteiger partial charge is 0.480 e. The van der Waals surface area contributed by atoms with Gasteiger partial charge in [-0.05, 0) is 12.8 Å². The first kappa shape index (κ1) is 14.1. The van der Waals surface area contributed by atoms with Crippen molar-refractivity contribution in [1.82, 2.24) is 8.72 Å². The highest BCUT2D eigenvalue weighted by Gasteiger charge is 2.41. The lowest BCUT2D eigenvalue weighted by molar-refractivity contribution is -0.140. The van der Waals surface area contributed by atoms with Gasteiger partial charge in [-0.25, -0.2) is 0 Å². The molecule has 0 amide bonds. The minimum absolute atomic E-state index is 0.0631. The Morgan fingerprint density at radius 1 is 1.59 bits per heavy atom. The van der Waals surface area contributed by atoms with E-state index in [0.717, 1.165) is 4.31 Å². The first-order valence-electron chi connectivity index (χ1n) is 4.86. The summed E-state index contributed by atoms with van der Waals surface area (Å²) in [5, 5.41) is 11.2. The maximum atomic E-state index is 11.9. The molecule has 0 aromatic heterocycles. The van der Waals surface area contributed by atoms with E-state index in [4.69, 9.17) is 16.7 Å². The van der Waals surface area contributed by atoms with Crippen LogP contribution in [0.1, 0.15) is 12.8 Å². The summed E-state index contributed by atoms with van der Waals surface area (Å²) in [4.78, 5) is 21.3. The molecule has 1 N–H and O–H groups in total. The molecule has 1 fully saturated rings. The Hall–Kier alpha value is -0.930. The zero-order valence-electron chi connectivity index (χ0n) is 8.82. The summed E-state index contributed by atoms with van der Waals surface area (Å²) in [6.45, 7) is -0.218. The standard InChI is InChI=1S/C7H12ClN3O5S/c8-3-5-11(9-14)17(15,16)10-4-1-2-6(10)7(12)13/h6H,1-5H2,(H,12,13)/t6-/m0/s1. The molecule has 1 aliphatic rings. The van der Waals surface area contributed by atoms with Gasteiger partial charge in [0.25, 0.3) is 0 Å². The van der Waals surface area contributed by atoms with Crippen LogP contribution in [0, 0.1) is 4.91 Å². The number of nitroso groups, excluding NO2 is 1. The molecule has 0 saturated carbocycles. The first-order valence-corrected chi connectivity index (χ1v) is 6.80. The van der Waals surface area contributed by atoms with Gasteiger partial charge >= 0.3 is 16.2 Å². The fraction of sp³-hybridized carbons (Fsp3) is 0.857. The number of hydrogen-bond acceptors (Lipinski definition) is 5. The van der Waals surface area contributed by atoms with E-state index in [2.05, 4.69) is 5.29 Å². The van der Waals surface area contributed by atoms with Crippen LogP contribution in [0.2, 0.25) is 0 Å². The molecule has 0 spiro atoms. The Kier molecular flexibility index (Phi) is 4.66. The summed E-state index contributed by atoms with van der Waals surface area (Å²) in [5.74, 6) is -1.33. The van der Waals surface area contributed by atoms with Crippen molar-refractivity contribution in [2.45, 2.75) is 18.9 Å². The molecule has 1 heterocycles. The topological polar surface area (TPSA) is 107 Å². The summed E-state index contributed by atoms with van der Waals surface area (Å²) in [5.41, 5.74) is 0. The fourth-order valence-corrected chi connectivity index (χ4v) is 3.44. The van der Waals surface area contributed by atoms with Gasteiger partial charge in [0.15, 0.2) is 0 Å². The minimum atomic E-state index is -4.18. The van der Waals surface area contributed by atoms with E-state index in [-0.39, 0.29) is 29.8 Å². The lowest BCUT2D eigenvalue weighted by Crippen LogP contribution is -2.47. The van der Waals surface area contributed by atoms with Crippen LogP contribution < -0.4 is 0 Å². The average molecular weight is 286 g/mol. The second kappa shape index (κ2) is 5.61. The molecule has 1 rings (SSSR count). The fourth-order valence-electron chi connectivity index (χ4n) is 1.65. The van der Waals surface area contributed by atoms with Crippen molar-refractivity contribution >= 4 is 27.8 Å². The third-order valence-electron chi connectivity index (χ3n) is 2.42. The normalized spacial score (nSPS) is 21.4. The second-order valence-corrected chi connectivity index (χ2v) is 5.60. The number of halogens is 1. The van der Waals surface area contributed by atoms with E-state index in [1.807, 2.05) is 0 Å². The van der Waals surface area contributed by atoms with Gasteiger partial charge in [0.05, 0.1) is 11.8 Å². The molecule has 0 radical (unpaired) electrons. The molecule has 10 heteroatoms. The average Bonchev–Trinajstić information content (AvgIpc) is 2.74. The SMILES string of the molecule is O=NN(CCCl)S(=O)(=O)N1CCC[C@H]1C(=O)O. The van der Waals surface area contributed by atoms with Crippen molar-refractivity contribution in [1.29, 1.82) is 0 Å². The molecular weight excluding hydrogens is 274 g/mol. The molecular formula is C7H12ClN3O5S. The molecule has 0 aromatic carbocycles. The van der Waals surface area contributed by atoms with Crippen LogP contribution in [0.3, 0.4) is 0 Å². The van der Waals surface area contributed by atoms with E-state index in [0.29, 0.717) is 6.42 Å². The van der Waals surface area contributed by atoms with Gasteiger partial charge in [-0.2, -0.15) is 12.7 Å². The van der Waals surface area contributed by atoms with Crippen LogP contribution in [-0.4, -0.2) is 53.2 Å². The molecule has 0 bridgehead atoms. The highest BCUT2D eigenvalue weighted by Crippen LogP contribution is 2.23. The Morgan fingerprint density at radius 3 is 2.71 bits per heavy atom. The molecule has 0 unspecified atom stereocenters. The third-order valence-corrected chi connectivity index (χ3v) is 4.40. The monoisotopic (exact) mass is 285 g/mol. The van der Waals surface area contributed by atoms with Gasteiger partial charge in [0, 0.05) is 12.4 Å². The Bertz CT molecular complexity index is 400. The van der Waals surface area contributed by atoms with Gasteiger partial charge in [-0.3, -0.25) is 4.79 Å². The highest BCUT2D eigenvalue weighted by atomic mass is 35.5. The maximum absolute atomic E-state index is 11.9. The smallest absolute Gasteiger partial charge is 0.322 e. The van der Waals surface area contributed by atoms with Crippen LogP contribution >= 0.6 is 11.6 Å². The lowest BCUT2D eigenvalue weighted by atomic mass is 10.2. The number of nitrogens with zero attached hydrogens (tertiary/aromatic N) is 3. The van der Waals surface area contributed by atoms with Gasteiger partial charge in [-0.15, -0.1) is 20.9 Å². The van der Waals surface area contributed by atoms with Gasteiger partial charge in [0.1, 0.15) is 6.04 Å². The minimum Gasteiger partial charge on any atom is -0.480 e. The number of aliphatic carboxylic acids is 1. The summed E-state index contributed by atoms with van der Waals surface area (Å²) in [6, 6.07) is -1.14. The van der Waals surface area contributed by atoms with Crippen molar-refractivity contribution in [3.05, 3.63) is 4.91 Å². The lowest BCUT2D eigenvalue weighted by Gasteiger charge is -2.24. The Labute approximate surface area is 103 Å². The van der Waals surface area contributed by atoms with Crippen LogP contribution in [0.5, 0.6) is 0 Å². The molecule has 8 nitrogen and oxygen atoms in total. The van der Waals surface area contributed by atoms with Crippen molar-refractivity contribution in [2.75, 3.05) is 19.0 Å². The summed E-state index contributed by atoms with van der Waals surface area (Å²) in [7, 11) is -4.18. The van der Waals surface area contributed by atoms with Gasteiger partial charge in [0.2, 0.25) is 0 Å². The van der Waals surface area contributed by atoms with Gasteiger partial charge in [-0.1, -0.05) is 0 Å². The van der Waals surface area contributed by atoms with Crippen molar-refractivity contribution in [2.24, 2.45) is 5.29 Å². The molecule has 98 valence electrons.